The standard InChI is InChI=1S/C15H19FN2S/c1-17-8-12-3-4-15(16)14(7-12)10-18(2)9-13-5-6-19-11-13/h3-7,11,17H,8-10H2,1-2H3. The highest BCUT2D eigenvalue weighted by Crippen LogP contribution is 2.15. The van der Waals surface area contributed by atoms with E-state index in [1.54, 1.807) is 17.4 Å². The van der Waals surface area contributed by atoms with Crippen LogP contribution < -0.4 is 5.32 Å². The lowest BCUT2D eigenvalue weighted by Gasteiger charge is -2.17. The van der Waals surface area contributed by atoms with E-state index in [0.717, 1.165) is 24.2 Å². The van der Waals surface area contributed by atoms with Crippen LogP contribution in [0.5, 0.6) is 0 Å². The minimum Gasteiger partial charge on any atom is -0.316 e. The van der Waals surface area contributed by atoms with E-state index in [1.807, 2.05) is 26.2 Å². The number of hydrogen-bond acceptors (Lipinski definition) is 3. The third-order valence-corrected chi connectivity index (χ3v) is 3.70. The van der Waals surface area contributed by atoms with E-state index >= 15 is 0 Å². The van der Waals surface area contributed by atoms with Crippen molar-refractivity contribution in [2.75, 3.05) is 14.1 Å². The zero-order valence-electron chi connectivity index (χ0n) is 11.3. The zero-order chi connectivity index (χ0) is 13.7. The van der Waals surface area contributed by atoms with Gasteiger partial charge in [-0.05, 0) is 48.1 Å². The lowest BCUT2D eigenvalue weighted by atomic mass is 10.1. The minimum atomic E-state index is -0.128. The van der Waals surface area contributed by atoms with Gasteiger partial charge in [0.05, 0.1) is 0 Å². The molecule has 2 nitrogen and oxygen atoms in total. The molecule has 0 saturated heterocycles. The Bertz CT molecular complexity index is 511. The Labute approximate surface area is 117 Å². The Morgan fingerprint density at radius 1 is 1.21 bits per heavy atom. The topological polar surface area (TPSA) is 15.3 Å². The number of halogens is 1. The summed E-state index contributed by atoms with van der Waals surface area (Å²) in [5, 5.41) is 7.28. The third kappa shape index (κ3) is 4.13. The molecule has 1 aromatic carbocycles. The summed E-state index contributed by atoms with van der Waals surface area (Å²) in [7, 11) is 3.91. The first kappa shape index (κ1) is 14.2. The highest BCUT2D eigenvalue weighted by atomic mass is 32.1. The summed E-state index contributed by atoms with van der Waals surface area (Å²) < 4.78 is 13.8. The lowest BCUT2D eigenvalue weighted by Crippen LogP contribution is -2.18. The van der Waals surface area contributed by atoms with E-state index in [9.17, 15) is 4.39 Å². The van der Waals surface area contributed by atoms with Gasteiger partial charge in [-0.15, -0.1) is 0 Å². The molecule has 102 valence electrons. The molecule has 0 saturated carbocycles. The van der Waals surface area contributed by atoms with Crippen LogP contribution in [0.15, 0.2) is 35.0 Å². The molecule has 0 aliphatic carbocycles. The van der Waals surface area contributed by atoms with Crippen LogP contribution in [0.4, 0.5) is 4.39 Å². The Hall–Kier alpha value is -1.23. The number of hydrogen-bond donors (Lipinski definition) is 1. The molecular formula is C15H19FN2S. The molecule has 0 atom stereocenters. The van der Waals surface area contributed by atoms with Crippen LogP contribution in [0.25, 0.3) is 0 Å². The molecular weight excluding hydrogens is 259 g/mol. The van der Waals surface area contributed by atoms with Crippen molar-refractivity contribution >= 4 is 11.3 Å². The molecule has 0 spiro atoms. The summed E-state index contributed by atoms with van der Waals surface area (Å²) in [6, 6.07) is 7.43. The summed E-state index contributed by atoms with van der Waals surface area (Å²) in [6.45, 7) is 2.24. The van der Waals surface area contributed by atoms with E-state index in [4.69, 9.17) is 0 Å². The smallest absolute Gasteiger partial charge is 0.127 e. The molecule has 4 heteroatoms. The second-order valence-corrected chi connectivity index (χ2v) is 5.54. The number of nitrogens with one attached hydrogen (secondary N) is 1. The second kappa shape index (κ2) is 6.80. The molecule has 0 unspecified atom stereocenters. The Balaban J connectivity index is 2.02. The van der Waals surface area contributed by atoms with E-state index < -0.39 is 0 Å². The molecule has 0 aliphatic heterocycles. The first-order valence-corrected chi connectivity index (χ1v) is 7.25. The Kier molecular flexibility index (Phi) is 5.07. The van der Waals surface area contributed by atoms with Crippen LogP contribution in [0.2, 0.25) is 0 Å². The largest absolute Gasteiger partial charge is 0.316 e. The maximum Gasteiger partial charge on any atom is 0.127 e. The summed E-state index contributed by atoms with van der Waals surface area (Å²) in [5.41, 5.74) is 3.15. The molecule has 19 heavy (non-hydrogen) atoms. The summed E-state index contributed by atoms with van der Waals surface area (Å²) in [6.07, 6.45) is 0. The molecule has 0 amide bonds. The van der Waals surface area contributed by atoms with Gasteiger partial charge in [-0.1, -0.05) is 12.1 Å². The average molecular weight is 278 g/mol. The highest BCUT2D eigenvalue weighted by Gasteiger charge is 2.07. The van der Waals surface area contributed by atoms with Crippen LogP contribution in [0, 0.1) is 5.82 Å². The minimum absolute atomic E-state index is 0.128. The van der Waals surface area contributed by atoms with Gasteiger partial charge in [0, 0.05) is 25.2 Å². The van der Waals surface area contributed by atoms with Crippen LogP contribution in [0.3, 0.4) is 0 Å². The van der Waals surface area contributed by atoms with Gasteiger partial charge in [0.25, 0.3) is 0 Å². The normalized spacial score (nSPS) is 11.2. The third-order valence-electron chi connectivity index (χ3n) is 2.96. The van der Waals surface area contributed by atoms with Crippen molar-refractivity contribution in [2.24, 2.45) is 0 Å². The molecule has 1 aromatic heterocycles. The Morgan fingerprint density at radius 3 is 2.74 bits per heavy atom. The van der Waals surface area contributed by atoms with Crippen molar-refractivity contribution < 1.29 is 4.39 Å². The van der Waals surface area contributed by atoms with E-state index in [1.165, 1.54) is 5.56 Å². The fourth-order valence-corrected chi connectivity index (χ4v) is 2.76. The van der Waals surface area contributed by atoms with E-state index in [-0.39, 0.29) is 5.82 Å². The molecule has 0 aliphatic rings. The summed E-state index contributed by atoms with van der Waals surface area (Å²) >= 11 is 1.69. The van der Waals surface area contributed by atoms with Gasteiger partial charge in [0.1, 0.15) is 5.82 Å². The van der Waals surface area contributed by atoms with Gasteiger partial charge in [0.15, 0.2) is 0 Å². The van der Waals surface area contributed by atoms with Crippen molar-refractivity contribution in [3.63, 3.8) is 0 Å². The van der Waals surface area contributed by atoms with Crippen LogP contribution >= 0.6 is 11.3 Å². The maximum absolute atomic E-state index is 13.8. The molecule has 2 rings (SSSR count). The second-order valence-electron chi connectivity index (χ2n) is 4.76. The highest BCUT2D eigenvalue weighted by molar-refractivity contribution is 7.07. The maximum atomic E-state index is 13.8. The van der Waals surface area contributed by atoms with Crippen molar-refractivity contribution in [3.05, 3.63) is 57.5 Å². The van der Waals surface area contributed by atoms with Crippen LogP contribution in [-0.2, 0) is 19.6 Å². The number of rotatable bonds is 6. The monoisotopic (exact) mass is 278 g/mol. The first-order valence-electron chi connectivity index (χ1n) is 6.30. The molecule has 0 fully saturated rings. The van der Waals surface area contributed by atoms with Gasteiger partial charge >= 0.3 is 0 Å². The predicted octanol–water partition coefficient (Wildman–Crippen LogP) is 3.24. The Morgan fingerprint density at radius 2 is 2.05 bits per heavy atom. The quantitative estimate of drug-likeness (QED) is 0.872. The van der Waals surface area contributed by atoms with E-state index in [0.29, 0.717) is 6.54 Å². The number of thiophene rings is 1. The average Bonchev–Trinajstić information content (AvgIpc) is 2.86. The van der Waals surface area contributed by atoms with Gasteiger partial charge in [0.2, 0.25) is 0 Å². The molecule has 1 N–H and O–H groups in total. The van der Waals surface area contributed by atoms with Crippen molar-refractivity contribution in [1.29, 1.82) is 0 Å². The SMILES string of the molecule is CNCc1ccc(F)c(CN(C)Cc2ccsc2)c1. The fraction of sp³-hybridized carbons (Fsp3) is 0.333. The van der Waals surface area contributed by atoms with Crippen LogP contribution in [0.1, 0.15) is 16.7 Å². The first-order chi connectivity index (χ1) is 9.19. The summed E-state index contributed by atoms with van der Waals surface area (Å²) in [4.78, 5) is 2.13. The lowest BCUT2D eigenvalue weighted by molar-refractivity contribution is 0.314. The fourth-order valence-electron chi connectivity index (χ4n) is 2.10. The van der Waals surface area contributed by atoms with Gasteiger partial charge in [-0.25, -0.2) is 4.39 Å². The van der Waals surface area contributed by atoms with Crippen LogP contribution in [-0.4, -0.2) is 19.0 Å². The van der Waals surface area contributed by atoms with Gasteiger partial charge in [-0.2, -0.15) is 11.3 Å². The van der Waals surface area contributed by atoms with Gasteiger partial charge < -0.3 is 5.32 Å². The summed E-state index contributed by atoms with van der Waals surface area (Å²) in [5.74, 6) is -0.128. The van der Waals surface area contributed by atoms with E-state index in [2.05, 4.69) is 27.0 Å². The molecule has 0 radical (unpaired) electrons. The zero-order valence-corrected chi connectivity index (χ0v) is 12.1. The molecule has 0 bridgehead atoms. The number of nitrogens with zero attached hydrogens (tertiary/aromatic N) is 1. The van der Waals surface area contributed by atoms with Crippen molar-refractivity contribution in [2.45, 2.75) is 19.6 Å². The predicted molar refractivity (Wildman–Crippen MR) is 78.7 cm³/mol. The van der Waals surface area contributed by atoms with Gasteiger partial charge in [-0.3, -0.25) is 4.90 Å². The molecule has 1 heterocycles. The molecule has 2 aromatic rings. The number of benzene rings is 1. The van der Waals surface area contributed by atoms with Crippen molar-refractivity contribution in [3.8, 4) is 0 Å². The van der Waals surface area contributed by atoms with Crippen molar-refractivity contribution in [1.82, 2.24) is 10.2 Å².